The minimum atomic E-state index is 0.629. The Morgan fingerprint density at radius 3 is 0.677 bits per heavy atom. The van der Waals surface area contributed by atoms with Crippen LogP contribution in [0.4, 0.5) is 0 Å². The summed E-state index contributed by atoms with van der Waals surface area (Å²) in [7, 11) is 0. The average Bonchev–Trinajstić information content (AvgIpc) is 1.59. The van der Waals surface area contributed by atoms with Crippen LogP contribution in [0.1, 0.15) is 0 Å². The standard InChI is InChI=1S/2C56H36N6/c1-5-17-37(18-6-1)47-35-53(59-55(57-47)39-21-9-3-10-22-39)61-50-28-16-14-26-44(50)46-33-41(30-32-51(46)61)42-29-31-45-43-25-13-15-27-49(43)62(52(45)34-42)54-36-48(38-19-7-2-8-20-38)58-56(60-54)40-23-11-4-12-24-40;1-5-17-37(18-6-1)47-35-48(38-19-7-2-8-20-38)59-56(58-47)62-51-28-16-14-26-44(51)46-33-41(30-32-52(46)62)42-29-31-45-43-25-13-15-27-50(43)61(53(45)34-42)54-36-49(39-21-9-3-10-22-39)57-55(60-54)40-23-11-4-12-24-40/h2*1-36H. The smallest absolute Gasteiger partial charge is 0.235 e. The molecule has 16 aromatic carbocycles. The van der Waals surface area contributed by atoms with E-state index in [0.717, 1.165) is 189 Å². The Morgan fingerprint density at radius 2 is 0.355 bits per heavy atom. The van der Waals surface area contributed by atoms with E-state index >= 15 is 0 Å². The molecule has 0 spiro atoms. The van der Waals surface area contributed by atoms with Gasteiger partial charge in [-0.3, -0.25) is 18.3 Å². The summed E-state index contributed by atoms with van der Waals surface area (Å²) in [5.41, 5.74) is 25.5. The van der Waals surface area contributed by atoms with Crippen molar-refractivity contribution in [3.8, 4) is 136 Å². The van der Waals surface area contributed by atoms with Gasteiger partial charge in [-0.05, 0) is 89.0 Å². The van der Waals surface area contributed by atoms with Crippen molar-refractivity contribution < 1.29 is 0 Å². The van der Waals surface area contributed by atoms with Crippen LogP contribution in [0.5, 0.6) is 0 Å². The quantitative estimate of drug-likeness (QED) is 0.105. The first-order chi connectivity index (χ1) is 61.5. The van der Waals surface area contributed by atoms with Gasteiger partial charge in [-0.2, -0.15) is 0 Å². The zero-order valence-corrected chi connectivity index (χ0v) is 66.9. The van der Waals surface area contributed by atoms with Gasteiger partial charge in [0.25, 0.3) is 0 Å². The van der Waals surface area contributed by atoms with Crippen LogP contribution in [0, 0.1) is 0 Å². The first kappa shape index (κ1) is 72.3. The molecule has 12 nitrogen and oxygen atoms in total. The van der Waals surface area contributed by atoms with E-state index in [0.29, 0.717) is 23.4 Å². The molecule has 0 bridgehead atoms. The van der Waals surface area contributed by atoms with Crippen LogP contribution < -0.4 is 0 Å². The average molecular weight is 1590 g/mol. The Labute approximate surface area is 713 Å². The lowest BCUT2D eigenvalue weighted by Gasteiger charge is -2.13. The first-order valence-corrected chi connectivity index (χ1v) is 41.6. The van der Waals surface area contributed by atoms with Crippen LogP contribution in [0.15, 0.2) is 437 Å². The topological polar surface area (TPSA) is 123 Å². The summed E-state index contributed by atoms with van der Waals surface area (Å²) in [5, 5.41) is 9.23. The second-order valence-corrected chi connectivity index (χ2v) is 31.0. The molecule has 0 saturated heterocycles. The van der Waals surface area contributed by atoms with Crippen molar-refractivity contribution in [3.63, 3.8) is 0 Å². The molecule has 0 aliphatic carbocycles. The van der Waals surface area contributed by atoms with E-state index < -0.39 is 0 Å². The van der Waals surface area contributed by atoms with Crippen molar-refractivity contribution in [2.75, 3.05) is 0 Å². The normalized spacial score (nSPS) is 11.5. The van der Waals surface area contributed by atoms with Crippen LogP contribution in [0.25, 0.3) is 223 Å². The molecule has 0 aliphatic rings. The first-order valence-electron chi connectivity index (χ1n) is 41.6. The van der Waals surface area contributed by atoms with Gasteiger partial charge < -0.3 is 0 Å². The minimum Gasteiger partial charge on any atom is -0.294 e. The van der Waals surface area contributed by atoms with Crippen LogP contribution in [0.2, 0.25) is 0 Å². The van der Waals surface area contributed by atoms with Crippen molar-refractivity contribution in [2.24, 2.45) is 0 Å². The summed E-state index contributed by atoms with van der Waals surface area (Å²) < 4.78 is 9.07. The Kier molecular flexibility index (Phi) is 17.9. The largest absolute Gasteiger partial charge is 0.294 e. The fourth-order valence-corrected chi connectivity index (χ4v) is 17.7. The number of hydrogen-bond donors (Lipinski definition) is 0. The SMILES string of the molecule is c1ccc(-c2cc(-n3c4ccccc4c4cc(-c5ccc6c7ccccc7n(-c7cc(-c8ccccc8)nc(-c8ccccc8)n7)c6c5)ccc43)nc(-c3ccccc3)n2)cc1.c1ccc(-c2cc(-n3c4ccccc4c4ccc(-c5ccc6c(c5)c5ccccc5n6-c5nc(-c6ccccc6)cc(-c6ccccc6)n5)cc43)nc(-c3ccccc3)n2)cc1. The fourth-order valence-electron chi connectivity index (χ4n) is 17.7. The molecule has 24 rings (SSSR count). The highest BCUT2D eigenvalue weighted by Gasteiger charge is 2.25. The number of aromatic nitrogens is 12. The second kappa shape index (κ2) is 30.8. The highest BCUT2D eigenvalue weighted by Crippen LogP contribution is 2.43. The van der Waals surface area contributed by atoms with Crippen LogP contribution in [0.3, 0.4) is 0 Å². The van der Waals surface area contributed by atoms with Crippen molar-refractivity contribution in [3.05, 3.63) is 437 Å². The van der Waals surface area contributed by atoms with Gasteiger partial charge in [-0.25, -0.2) is 39.9 Å². The Hall–Kier alpha value is -17.0. The molecular weight excluding hydrogens is 1510 g/mol. The molecule has 12 heteroatoms. The maximum Gasteiger partial charge on any atom is 0.235 e. The number of rotatable bonds is 14. The number of benzene rings is 16. The van der Waals surface area contributed by atoms with E-state index in [1.54, 1.807) is 0 Å². The lowest BCUT2D eigenvalue weighted by molar-refractivity contribution is 0.995. The number of para-hydroxylation sites is 4. The van der Waals surface area contributed by atoms with E-state index in [9.17, 15) is 0 Å². The van der Waals surface area contributed by atoms with Gasteiger partial charge in [0.2, 0.25) is 5.95 Å². The number of fused-ring (bicyclic) bond motifs is 12. The van der Waals surface area contributed by atoms with Crippen molar-refractivity contribution in [2.45, 2.75) is 0 Å². The molecule has 0 radical (unpaired) electrons. The van der Waals surface area contributed by atoms with E-state index in [-0.39, 0.29) is 0 Å². The summed E-state index contributed by atoms with van der Waals surface area (Å²) in [5.74, 6) is 5.12. The molecule has 8 heterocycles. The minimum absolute atomic E-state index is 0.629. The zero-order chi connectivity index (χ0) is 82.0. The highest BCUT2D eigenvalue weighted by molar-refractivity contribution is 6.15. The van der Waals surface area contributed by atoms with Crippen molar-refractivity contribution in [1.29, 1.82) is 0 Å². The Morgan fingerprint density at radius 1 is 0.129 bits per heavy atom. The summed E-state index contributed by atoms with van der Waals surface area (Å²) >= 11 is 0. The molecule has 124 heavy (non-hydrogen) atoms. The van der Waals surface area contributed by atoms with Gasteiger partial charge in [-0.15, -0.1) is 0 Å². The maximum atomic E-state index is 5.27. The summed E-state index contributed by atoms with van der Waals surface area (Å²) in [4.78, 5) is 41.5. The maximum absolute atomic E-state index is 5.27. The molecule has 0 amide bonds. The highest BCUT2D eigenvalue weighted by atomic mass is 15.2. The Balaban J connectivity index is 0.000000143. The molecule has 8 aromatic heterocycles. The van der Waals surface area contributed by atoms with E-state index in [2.05, 4.69) is 370 Å². The van der Waals surface area contributed by atoms with E-state index in [1.807, 2.05) is 84.9 Å². The van der Waals surface area contributed by atoms with Crippen molar-refractivity contribution in [1.82, 2.24) is 58.1 Å². The monoisotopic (exact) mass is 1580 g/mol. The molecular formula is C112H72N12. The van der Waals surface area contributed by atoms with Gasteiger partial charge >= 0.3 is 0 Å². The van der Waals surface area contributed by atoms with Gasteiger partial charge in [0, 0.05) is 106 Å². The third kappa shape index (κ3) is 13.1. The molecule has 0 saturated carbocycles. The zero-order valence-electron chi connectivity index (χ0n) is 66.9. The third-order valence-corrected chi connectivity index (χ3v) is 23.5. The molecule has 0 fully saturated rings. The number of nitrogens with zero attached hydrogens (tertiary/aromatic N) is 12. The lowest BCUT2D eigenvalue weighted by atomic mass is 10.0. The second-order valence-electron chi connectivity index (χ2n) is 31.0. The van der Waals surface area contributed by atoms with Crippen LogP contribution >= 0.6 is 0 Å². The summed E-state index contributed by atoms with van der Waals surface area (Å²) in [6, 6.07) is 152. The van der Waals surface area contributed by atoms with E-state index in [1.165, 1.54) is 10.8 Å². The molecule has 0 atom stereocenters. The van der Waals surface area contributed by atoms with Gasteiger partial charge in [-0.1, -0.05) is 352 Å². The molecule has 580 valence electrons. The van der Waals surface area contributed by atoms with Gasteiger partial charge in [0.05, 0.1) is 72.6 Å². The lowest BCUT2D eigenvalue weighted by Crippen LogP contribution is -2.04. The predicted octanol–water partition coefficient (Wildman–Crippen LogP) is 27.6. The van der Waals surface area contributed by atoms with Crippen LogP contribution in [-0.2, 0) is 0 Å². The fraction of sp³-hybridized carbons (Fsp3) is 0. The van der Waals surface area contributed by atoms with Gasteiger partial charge in [0.15, 0.2) is 17.5 Å². The Bertz CT molecular complexity index is 7480. The predicted molar refractivity (Wildman–Crippen MR) is 507 cm³/mol. The molecule has 24 aromatic rings. The third-order valence-electron chi connectivity index (χ3n) is 23.5. The van der Waals surface area contributed by atoms with Gasteiger partial charge in [0.1, 0.15) is 17.5 Å². The summed E-state index contributed by atoms with van der Waals surface area (Å²) in [6.45, 7) is 0. The molecule has 0 N–H and O–H groups in total. The number of hydrogen-bond acceptors (Lipinski definition) is 8. The molecule has 0 aliphatic heterocycles. The summed E-state index contributed by atoms with van der Waals surface area (Å²) in [6.07, 6.45) is 0. The van der Waals surface area contributed by atoms with E-state index in [4.69, 9.17) is 39.9 Å². The van der Waals surface area contributed by atoms with Crippen molar-refractivity contribution >= 4 is 87.2 Å². The van der Waals surface area contributed by atoms with Crippen LogP contribution in [-0.4, -0.2) is 58.1 Å². The molecule has 0 unspecified atom stereocenters.